The second-order valence-corrected chi connectivity index (χ2v) is 8.91. The van der Waals surface area contributed by atoms with Crippen molar-refractivity contribution < 1.29 is 17.9 Å². The first-order valence-corrected chi connectivity index (χ1v) is 10.9. The number of carbonyl (C=O) groups is 1. The zero-order chi connectivity index (χ0) is 21.7. The number of hydrogen-bond donors (Lipinski definition) is 1. The average molecular weight is 425 g/mol. The smallest absolute Gasteiger partial charge is 0.264 e. The number of benzene rings is 3. The van der Waals surface area contributed by atoms with Gasteiger partial charge in [-0.3, -0.25) is 9.10 Å². The van der Waals surface area contributed by atoms with E-state index in [1.165, 1.54) is 23.5 Å². The van der Waals surface area contributed by atoms with Gasteiger partial charge in [-0.05, 0) is 67.4 Å². The molecule has 0 saturated heterocycles. The molecule has 156 valence electrons. The third-order valence-corrected chi connectivity index (χ3v) is 6.42. The van der Waals surface area contributed by atoms with E-state index in [9.17, 15) is 13.2 Å². The third kappa shape index (κ3) is 4.99. The summed E-state index contributed by atoms with van der Waals surface area (Å²) in [5.74, 6) is 0.337. The fourth-order valence-corrected chi connectivity index (χ4v) is 4.04. The maximum Gasteiger partial charge on any atom is 0.264 e. The highest BCUT2D eigenvalue weighted by atomic mass is 32.2. The van der Waals surface area contributed by atoms with E-state index < -0.39 is 10.0 Å². The van der Waals surface area contributed by atoms with E-state index in [-0.39, 0.29) is 17.4 Å². The van der Waals surface area contributed by atoms with Crippen LogP contribution in [0, 0.1) is 13.8 Å². The van der Waals surface area contributed by atoms with Gasteiger partial charge in [-0.2, -0.15) is 0 Å². The van der Waals surface area contributed by atoms with E-state index in [1.807, 2.05) is 38.1 Å². The van der Waals surface area contributed by atoms with E-state index in [2.05, 4.69) is 5.32 Å². The van der Waals surface area contributed by atoms with Crippen LogP contribution in [0.1, 0.15) is 11.1 Å². The van der Waals surface area contributed by atoms with Crippen molar-refractivity contribution in [1.29, 1.82) is 0 Å². The number of para-hydroxylation sites is 1. The summed E-state index contributed by atoms with van der Waals surface area (Å²) in [6, 6.07) is 20.7. The van der Waals surface area contributed by atoms with Crippen molar-refractivity contribution in [2.75, 3.05) is 23.3 Å². The molecule has 0 atom stereocenters. The fourth-order valence-electron chi connectivity index (χ4n) is 2.85. The topological polar surface area (TPSA) is 75.7 Å². The van der Waals surface area contributed by atoms with E-state index in [0.717, 1.165) is 11.1 Å². The van der Waals surface area contributed by atoms with Crippen molar-refractivity contribution in [2.24, 2.45) is 0 Å². The molecular weight excluding hydrogens is 400 g/mol. The molecule has 0 aliphatic heterocycles. The predicted molar refractivity (Wildman–Crippen MR) is 119 cm³/mol. The number of amides is 1. The summed E-state index contributed by atoms with van der Waals surface area (Å²) in [7, 11) is -2.19. The third-order valence-electron chi connectivity index (χ3n) is 4.62. The molecule has 0 saturated carbocycles. The molecule has 0 heterocycles. The molecule has 0 bridgehead atoms. The molecule has 0 unspecified atom stereocenters. The highest BCUT2D eigenvalue weighted by Crippen LogP contribution is 2.23. The van der Waals surface area contributed by atoms with Crippen molar-refractivity contribution in [3.8, 4) is 5.75 Å². The van der Waals surface area contributed by atoms with Gasteiger partial charge in [0.15, 0.2) is 6.61 Å². The summed E-state index contributed by atoms with van der Waals surface area (Å²) >= 11 is 0. The maximum atomic E-state index is 12.8. The van der Waals surface area contributed by atoms with Crippen molar-refractivity contribution in [3.05, 3.63) is 83.9 Å². The van der Waals surface area contributed by atoms with E-state index in [4.69, 9.17) is 4.74 Å². The van der Waals surface area contributed by atoms with Crippen LogP contribution in [0.5, 0.6) is 5.75 Å². The summed E-state index contributed by atoms with van der Waals surface area (Å²) in [5.41, 5.74) is 3.06. The molecule has 3 rings (SSSR count). The van der Waals surface area contributed by atoms with Crippen LogP contribution in [0.25, 0.3) is 0 Å². The Morgan fingerprint density at radius 1 is 0.967 bits per heavy atom. The number of ether oxygens (including phenoxy) is 1. The van der Waals surface area contributed by atoms with Gasteiger partial charge in [0.1, 0.15) is 5.75 Å². The second kappa shape index (κ2) is 9.00. The van der Waals surface area contributed by atoms with Gasteiger partial charge in [0.25, 0.3) is 15.9 Å². The largest absolute Gasteiger partial charge is 0.483 e. The van der Waals surface area contributed by atoms with Crippen LogP contribution in [0.15, 0.2) is 77.7 Å². The van der Waals surface area contributed by atoms with E-state index >= 15 is 0 Å². The Morgan fingerprint density at radius 3 is 2.30 bits per heavy atom. The average Bonchev–Trinajstić information content (AvgIpc) is 2.75. The van der Waals surface area contributed by atoms with Gasteiger partial charge in [-0.25, -0.2) is 8.42 Å². The van der Waals surface area contributed by atoms with Crippen molar-refractivity contribution in [3.63, 3.8) is 0 Å². The SMILES string of the molecule is Cc1ccc(C)c(OCC(=O)Nc2ccc(S(=O)(=O)N(C)c3ccccc3)cc2)c1. The number of hydrogen-bond acceptors (Lipinski definition) is 4. The van der Waals surface area contributed by atoms with Gasteiger partial charge in [0.05, 0.1) is 10.6 Å². The summed E-state index contributed by atoms with van der Waals surface area (Å²) in [4.78, 5) is 12.3. The van der Waals surface area contributed by atoms with E-state index in [0.29, 0.717) is 17.1 Å². The molecule has 0 radical (unpaired) electrons. The lowest BCUT2D eigenvalue weighted by Crippen LogP contribution is -2.26. The second-order valence-electron chi connectivity index (χ2n) is 6.94. The van der Waals surface area contributed by atoms with Crippen LogP contribution in [-0.2, 0) is 14.8 Å². The molecule has 0 spiro atoms. The van der Waals surface area contributed by atoms with Crippen LogP contribution >= 0.6 is 0 Å². The minimum atomic E-state index is -3.70. The lowest BCUT2D eigenvalue weighted by molar-refractivity contribution is -0.118. The predicted octanol–water partition coefficient (Wildman–Crippen LogP) is 4.15. The minimum Gasteiger partial charge on any atom is -0.483 e. The van der Waals surface area contributed by atoms with Gasteiger partial charge in [-0.1, -0.05) is 30.3 Å². The Balaban J connectivity index is 1.64. The van der Waals surface area contributed by atoms with Crippen LogP contribution in [0.3, 0.4) is 0 Å². The quantitative estimate of drug-likeness (QED) is 0.618. The van der Waals surface area contributed by atoms with Gasteiger partial charge in [-0.15, -0.1) is 0 Å². The van der Waals surface area contributed by atoms with Crippen LogP contribution in [0.4, 0.5) is 11.4 Å². The molecule has 6 nitrogen and oxygen atoms in total. The standard InChI is InChI=1S/C23H24N2O4S/c1-17-9-10-18(2)22(15-17)29-16-23(26)24-19-11-13-21(14-12-19)30(27,28)25(3)20-7-5-4-6-8-20/h4-15H,16H2,1-3H3,(H,24,26). The Bertz CT molecular complexity index is 1130. The molecule has 1 N–H and O–H groups in total. The highest BCUT2D eigenvalue weighted by Gasteiger charge is 2.21. The van der Waals surface area contributed by atoms with Crippen LogP contribution in [-0.4, -0.2) is 28.0 Å². The van der Waals surface area contributed by atoms with Gasteiger partial charge in [0, 0.05) is 12.7 Å². The Hall–Kier alpha value is -3.32. The molecule has 0 aliphatic carbocycles. The van der Waals surface area contributed by atoms with Gasteiger partial charge >= 0.3 is 0 Å². The lowest BCUT2D eigenvalue weighted by Gasteiger charge is -2.19. The normalized spacial score (nSPS) is 11.0. The van der Waals surface area contributed by atoms with Gasteiger partial charge in [0.2, 0.25) is 0 Å². The first-order valence-electron chi connectivity index (χ1n) is 9.41. The summed E-state index contributed by atoms with van der Waals surface area (Å²) in [5, 5.41) is 2.71. The minimum absolute atomic E-state index is 0.137. The Morgan fingerprint density at radius 2 is 1.63 bits per heavy atom. The zero-order valence-corrected chi connectivity index (χ0v) is 17.9. The van der Waals surface area contributed by atoms with Crippen LogP contribution in [0.2, 0.25) is 0 Å². The molecule has 30 heavy (non-hydrogen) atoms. The summed E-state index contributed by atoms with van der Waals surface area (Å²) in [6.45, 7) is 3.73. The van der Waals surface area contributed by atoms with Crippen LogP contribution < -0.4 is 14.4 Å². The molecule has 0 aliphatic rings. The molecular formula is C23H24N2O4S. The zero-order valence-electron chi connectivity index (χ0n) is 17.1. The Labute approximate surface area is 177 Å². The molecule has 3 aromatic rings. The highest BCUT2D eigenvalue weighted by molar-refractivity contribution is 7.92. The molecule has 1 amide bonds. The number of anilines is 2. The number of nitrogens with one attached hydrogen (secondary N) is 1. The maximum absolute atomic E-state index is 12.8. The number of aryl methyl sites for hydroxylation is 2. The molecule has 7 heteroatoms. The Kier molecular flexibility index (Phi) is 6.42. The summed E-state index contributed by atoms with van der Waals surface area (Å²) < 4.78 is 32.4. The number of rotatable bonds is 7. The first-order chi connectivity index (χ1) is 14.3. The number of sulfonamides is 1. The molecule has 0 fully saturated rings. The van der Waals surface area contributed by atoms with Gasteiger partial charge < -0.3 is 10.1 Å². The van der Waals surface area contributed by atoms with Crippen molar-refractivity contribution >= 4 is 27.3 Å². The first kappa shape index (κ1) is 21.4. The number of carbonyl (C=O) groups excluding carboxylic acids is 1. The summed E-state index contributed by atoms with van der Waals surface area (Å²) in [6.07, 6.45) is 0. The molecule has 0 aromatic heterocycles. The van der Waals surface area contributed by atoms with Crippen molar-refractivity contribution in [2.45, 2.75) is 18.7 Å². The monoisotopic (exact) mass is 424 g/mol. The van der Waals surface area contributed by atoms with E-state index in [1.54, 1.807) is 36.4 Å². The van der Waals surface area contributed by atoms with Crippen molar-refractivity contribution in [1.82, 2.24) is 0 Å². The lowest BCUT2D eigenvalue weighted by atomic mass is 10.1. The fraction of sp³-hybridized carbons (Fsp3) is 0.174. The molecule has 3 aromatic carbocycles. The number of nitrogens with zero attached hydrogens (tertiary/aromatic N) is 1.